The number of anilines is 1. The third-order valence-electron chi connectivity index (χ3n) is 5.02. The quantitative estimate of drug-likeness (QED) is 0.363. The maximum Gasteiger partial charge on any atom is 0.293 e. The van der Waals surface area contributed by atoms with E-state index in [1.807, 2.05) is 17.0 Å². The summed E-state index contributed by atoms with van der Waals surface area (Å²) in [5.41, 5.74) is 0.598. The van der Waals surface area contributed by atoms with Crippen molar-refractivity contribution < 1.29 is 9.66 Å². The largest absolute Gasteiger partial charge is 0.385 e. The fraction of sp³-hybridized carbons (Fsp3) is 0.381. The van der Waals surface area contributed by atoms with Crippen LogP contribution in [0.4, 0.5) is 11.4 Å². The highest BCUT2D eigenvalue weighted by Crippen LogP contribution is 2.31. The van der Waals surface area contributed by atoms with Gasteiger partial charge in [-0.05, 0) is 37.0 Å². The second-order valence-corrected chi connectivity index (χ2v) is 8.05. The van der Waals surface area contributed by atoms with Crippen LogP contribution in [-0.2, 0) is 11.3 Å². The summed E-state index contributed by atoms with van der Waals surface area (Å²) >= 11 is 1.03. The number of methoxy groups -OCH3 is 1. The normalized spacial score (nSPS) is 13.8. The van der Waals surface area contributed by atoms with Crippen molar-refractivity contribution in [2.24, 2.45) is 0 Å². The average molecular weight is 439 g/mol. The van der Waals surface area contributed by atoms with Crippen LogP contribution in [0, 0.1) is 32.8 Å². The lowest BCUT2D eigenvalue weighted by Gasteiger charge is -2.17. The number of ether oxygens (including phenoxy) is 1. The molecule has 0 radical (unpaired) electrons. The molecule has 1 aromatic heterocycles. The van der Waals surface area contributed by atoms with E-state index in [2.05, 4.69) is 0 Å². The molecule has 160 valence electrons. The van der Waals surface area contributed by atoms with E-state index in [0.29, 0.717) is 35.4 Å². The first kappa shape index (κ1) is 22.2. The molecule has 10 heteroatoms. The standard InChI is InChI=1S/C21H21N5O4S/c1-30-10-4-9-25-20(27)19(31-21(25)16(13-22)14-23)12-15-5-6-17(18(11-15)26(28)29)24-7-2-3-8-24/h5-6,11-12H,2-4,7-10H2,1H3/b19-12-. The molecule has 0 aliphatic carbocycles. The Morgan fingerprint density at radius 3 is 2.65 bits per heavy atom. The Labute approximate surface area is 182 Å². The maximum atomic E-state index is 12.9. The molecule has 0 N–H and O–H groups in total. The molecule has 1 aliphatic heterocycles. The Balaban J connectivity index is 2.12. The number of nitro benzene ring substituents is 1. The van der Waals surface area contributed by atoms with Crippen LogP contribution in [0.15, 0.2) is 23.0 Å². The van der Waals surface area contributed by atoms with E-state index in [1.165, 1.54) is 10.6 Å². The first-order chi connectivity index (χ1) is 15.0. The summed E-state index contributed by atoms with van der Waals surface area (Å²) in [6, 6.07) is 8.58. The first-order valence-corrected chi connectivity index (χ1v) is 10.6. The zero-order valence-corrected chi connectivity index (χ0v) is 17.9. The Bertz CT molecular complexity index is 1230. The minimum Gasteiger partial charge on any atom is -0.385 e. The Hall–Kier alpha value is -3.47. The van der Waals surface area contributed by atoms with Crippen molar-refractivity contribution in [1.29, 1.82) is 10.5 Å². The molecule has 1 aromatic carbocycles. The summed E-state index contributed by atoms with van der Waals surface area (Å²) in [4.78, 5) is 26.2. The van der Waals surface area contributed by atoms with Crippen LogP contribution in [-0.4, -0.2) is 36.3 Å². The minimum absolute atomic E-state index is 0.00542. The monoisotopic (exact) mass is 439 g/mol. The van der Waals surface area contributed by atoms with Crippen molar-refractivity contribution in [3.63, 3.8) is 0 Å². The summed E-state index contributed by atoms with van der Waals surface area (Å²) in [6.45, 7) is 2.29. The molecular formula is C21H21N5O4S. The molecule has 0 amide bonds. The number of nitro groups is 1. The van der Waals surface area contributed by atoms with Crippen LogP contribution in [0.5, 0.6) is 0 Å². The molecule has 2 aromatic rings. The summed E-state index contributed by atoms with van der Waals surface area (Å²) in [6.07, 6.45) is 4.11. The fourth-order valence-electron chi connectivity index (χ4n) is 3.55. The van der Waals surface area contributed by atoms with Crippen molar-refractivity contribution in [3.05, 3.63) is 53.4 Å². The average Bonchev–Trinajstić information content (AvgIpc) is 3.39. The van der Waals surface area contributed by atoms with E-state index >= 15 is 0 Å². The number of hydrogen-bond acceptors (Lipinski definition) is 8. The first-order valence-electron chi connectivity index (χ1n) is 9.78. The zero-order valence-electron chi connectivity index (χ0n) is 17.0. The molecule has 1 fully saturated rings. The van der Waals surface area contributed by atoms with Gasteiger partial charge in [-0.1, -0.05) is 6.07 Å². The van der Waals surface area contributed by atoms with Crippen molar-refractivity contribution >= 4 is 34.4 Å². The van der Waals surface area contributed by atoms with E-state index < -0.39 is 4.92 Å². The number of nitriles is 2. The second-order valence-electron chi connectivity index (χ2n) is 7.02. The van der Waals surface area contributed by atoms with Crippen molar-refractivity contribution in [3.8, 4) is 12.1 Å². The number of nitrogens with zero attached hydrogens (tertiary/aromatic N) is 5. The third kappa shape index (κ3) is 4.82. The zero-order chi connectivity index (χ0) is 22.4. The SMILES string of the molecule is COCCCn1c(=C(C#N)C#N)s/c(=C\c2ccc(N3CCCC3)c([N+](=O)[O-])c2)c1=O. The van der Waals surface area contributed by atoms with Crippen molar-refractivity contribution in [1.82, 2.24) is 4.57 Å². The molecule has 0 spiro atoms. The van der Waals surface area contributed by atoms with E-state index in [-0.39, 0.29) is 21.5 Å². The van der Waals surface area contributed by atoms with E-state index in [0.717, 1.165) is 37.3 Å². The lowest BCUT2D eigenvalue weighted by Crippen LogP contribution is -2.32. The van der Waals surface area contributed by atoms with Gasteiger partial charge in [-0.15, -0.1) is 11.3 Å². The molecule has 1 saturated heterocycles. The van der Waals surface area contributed by atoms with Crippen LogP contribution >= 0.6 is 11.3 Å². The minimum atomic E-state index is -0.412. The molecule has 0 atom stereocenters. The highest BCUT2D eigenvalue weighted by Gasteiger charge is 2.22. The van der Waals surface area contributed by atoms with Crippen molar-refractivity contribution in [2.45, 2.75) is 25.8 Å². The molecule has 0 bridgehead atoms. The summed E-state index contributed by atoms with van der Waals surface area (Å²) in [7, 11) is 1.55. The van der Waals surface area contributed by atoms with E-state index in [1.54, 1.807) is 25.3 Å². The predicted octanol–water partition coefficient (Wildman–Crippen LogP) is 1.48. The van der Waals surface area contributed by atoms with Gasteiger partial charge in [0.1, 0.15) is 22.5 Å². The van der Waals surface area contributed by atoms with Crippen LogP contribution in [0.3, 0.4) is 0 Å². The summed E-state index contributed by atoms with van der Waals surface area (Å²) in [5, 5.41) is 30.2. The smallest absolute Gasteiger partial charge is 0.293 e. The van der Waals surface area contributed by atoms with Gasteiger partial charge in [-0.2, -0.15) is 10.5 Å². The van der Waals surface area contributed by atoms with Crippen molar-refractivity contribution in [2.75, 3.05) is 31.7 Å². The highest BCUT2D eigenvalue weighted by molar-refractivity contribution is 7.07. The van der Waals surface area contributed by atoms with Crippen LogP contribution in [0.2, 0.25) is 0 Å². The van der Waals surface area contributed by atoms with E-state index in [9.17, 15) is 25.4 Å². The topological polar surface area (TPSA) is 125 Å². The lowest BCUT2D eigenvalue weighted by atomic mass is 10.1. The molecule has 9 nitrogen and oxygen atoms in total. The lowest BCUT2D eigenvalue weighted by molar-refractivity contribution is -0.384. The second kappa shape index (κ2) is 10.0. The number of rotatable bonds is 7. The maximum absolute atomic E-state index is 12.9. The molecule has 0 unspecified atom stereocenters. The Kier molecular flexibility index (Phi) is 7.19. The predicted molar refractivity (Wildman–Crippen MR) is 117 cm³/mol. The van der Waals surface area contributed by atoms with Gasteiger partial charge in [0.2, 0.25) is 0 Å². The molecule has 1 aliphatic rings. The van der Waals surface area contributed by atoms with Gasteiger partial charge in [0, 0.05) is 39.4 Å². The summed E-state index contributed by atoms with van der Waals surface area (Å²) < 4.78 is 7.00. The van der Waals surface area contributed by atoms with Gasteiger partial charge in [0.15, 0.2) is 5.57 Å². The van der Waals surface area contributed by atoms with Gasteiger partial charge in [-0.25, -0.2) is 0 Å². The Morgan fingerprint density at radius 2 is 2.03 bits per heavy atom. The molecule has 3 rings (SSSR count). The number of thiazole rings is 1. The van der Waals surface area contributed by atoms with Gasteiger partial charge in [0.05, 0.1) is 9.46 Å². The van der Waals surface area contributed by atoms with Gasteiger partial charge in [0.25, 0.3) is 11.2 Å². The highest BCUT2D eigenvalue weighted by atomic mass is 32.1. The van der Waals surface area contributed by atoms with E-state index in [4.69, 9.17) is 4.74 Å². The molecule has 2 heterocycles. The van der Waals surface area contributed by atoms with Crippen LogP contribution in [0.1, 0.15) is 24.8 Å². The van der Waals surface area contributed by atoms with Crippen LogP contribution in [0.25, 0.3) is 11.6 Å². The third-order valence-corrected chi connectivity index (χ3v) is 6.15. The fourth-order valence-corrected chi connectivity index (χ4v) is 4.63. The van der Waals surface area contributed by atoms with Crippen LogP contribution < -0.4 is 19.7 Å². The van der Waals surface area contributed by atoms with Gasteiger partial charge >= 0.3 is 0 Å². The van der Waals surface area contributed by atoms with Gasteiger partial charge < -0.3 is 9.64 Å². The number of aromatic nitrogens is 1. The number of hydrogen-bond donors (Lipinski definition) is 0. The van der Waals surface area contributed by atoms with Gasteiger partial charge in [-0.3, -0.25) is 19.5 Å². The number of benzene rings is 1. The molecule has 0 saturated carbocycles. The Morgan fingerprint density at radius 1 is 1.32 bits per heavy atom. The molecular weight excluding hydrogens is 418 g/mol. The molecule has 31 heavy (non-hydrogen) atoms. The summed E-state index contributed by atoms with van der Waals surface area (Å²) in [5.74, 6) is 0.